The third-order valence-corrected chi connectivity index (χ3v) is 9.05. The molecule has 0 N–H and O–H groups in total. The van der Waals surface area contributed by atoms with Crippen LogP contribution in [-0.2, 0) is 0 Å². The van der Waals surface area contributed by atoms with Crippen molar-refractivity contribution in [3.05, 3.63) is 133 Å². The van der Waals surface area contributed by atoms with Gasteiger partial charge >= 0.3 is 0 Å². The highest BCUT2D eigenvalue weighted by molar-refractivity contribution is 6.22. The van der Waals surface area contributed by atoms with Crippen molar-refractivity contribution in [1.82, 2.24) is 0 Å². The first-order valence-corrected chi connectivity index (χ1v) is 14.4. The van der Waals surface area contributed by atoms with Crippen molar-refractivity contribution in [2.75, 3.05) is 0 Å². The Morgan fingerprint density at radius 2 is 0.929 bits per heavy atom. The van der Waals surface area contributed by atoms with Crippen molar-refractivity contribution in [3.63, 3.8) is 0 Å². The Kier molecular flexibility index (Phi) is 4.21. The van der Waals surface area contributed by atoms with Gasteiger partial charge in [-0.25, -0.2) is 0 Å². The summed E-state index contributed by atoms with van der Waals surface area (Å²) in [5.41, 5.74) is 13.5. The van der Waals surface area contributed by atoms with E-state index in [1.165, 1.54) is 38.6 Å². The molecule has 0 atom stereocenters. The van der Waals surface area contributed by atoms with Crippen LogP contribution in [0.3, 0.4) is 0 Å². The van der Waals surface area contributed by atoms with Crippen LogP contribution in [0.5, 0.6) is 0 Å². The average molecular weight is 535 g/mol. The van der Waals surface area contributed by atoms with Crippen molar-refractivity contribution in [2.45, 2.75) is 0 Å². The summed E-state index contributed by atoms with van der Waals surface area (Å²) >= 11 is 0. The number of fused-ring (bicyclic) bond motifs is 9. The summed E-state index contributed by atoms with van der Waals surface area (Å²) in [5.74, 6) is 0. The van der Waals surface area contributed by atoms with E-state index < -0.39 is 0 Å². The quantitative estimate of drug-likeness (QED) is 0.220. The van der Waals surface area contributed by atoms with Crippen LogP contribution < -0.4 is 0 Å². The van der Waals surface area contributed by atoms with Crippen LogP contribution in [0, 0.1) is 0 Å². The minimum atomic E-state index is 0.894. The Bertz CT molecular complexity index is 2550. The van der Waals surface area contributed by atoms with E-state index >= 15 is 0 Å². The van der Waals surface area contributed by atoms with Crippen LogP contribution in [0.15, 0.2) is 142 Å². The maximum absolute atomic E-state index is 6.71. The summed E-state index contributed by atoms with van der Waals surface area (Å²) in [6.07, 6.45) is 0. The van der Waals surface area contributed by atoms with Crippen LogP contribution in [-0.4, -0.2) is 0 Å². The third kappa shape index (κ3) is 2.83. The fourth-order valence-corrected chi connectivity index (χ4v) is 7.24. The van der Waals surface area contributed by atoms with Crippen molar-refractivity contribution in [2.24, 2.45) is 0 Å². The van der Waals surface area contributed by atoms with Gasteiger partial charge in [0.15, 0.2) is 0 Å². The van der Waals surface area contributed by atoms with E-state index in [9.17, 15) is 0 Å². The van der Waals surface area contributed by atoms with E-state index in [1.807, 2.05) is 12.1 Å². The zero-order valence-corrected chi connectivity index (χ0v) is 22.5. The molecule has 1 aliphatic carbocycles. The zero-order chi connectivity index (χ0) is 27.4. The van der Waals surface area contributed by atoms with Crippen molar-refractivity contribution < 1.29 is 8.83 Å². The predicted octanol–water partition coefficient (Wildman–Crippen LogP) is 11.6. The van der Waals surface area contributed by atoms with Crippen molar-refractivity contribution >= 4 is 54.6 Å². The first-order chi connectivity index (χ1) is 20.8. The van der Waals surface area contributed by atoms with Gasteiger partial charge in [0.05, 0.1) is 0 Å². The maximum Gasteiger partial charge on any atom is 0.143 e. The molecule has 10 rings (SSSR count). The molecule has 0 bridgehead atoms. The molecule has 0 spiro atoms. The van der Waals surface area contributed by atoms with Gasteiger partial charge in [-0.1, -0.05) is 109 Å². The average Bonchev–Trinajstić information content (AvgIpc) is 3.72. The van der Waals surface area contributed by atoms with Gasteiger partial charge in [0.25, 0.3) is 0 Å². The van der Waals surface area contributed by atoms with Crippen molar-refractivity contribution in [3.8, 4) is 44.5 Å². The molecule has 42 heavy (non-hydrogen) atoms. The lowest BCUT2D eigenvalue weighted by Crippen LogP contribution is -1.84. The van der Waals surface area contributed by atoms with Gasteiger partial charge in [0, 0.05) is 27.1 Å². The fraction of sp³-hybridized carbons (Fsp3) is 0. The van der Waals surface area contributed by atoms with Gasteiger partial charge in [-0.3, -0.25) is 0 Å². The Labute approximate surface area is 241 Å². The summed E-state index contributed by atoms with van der Waals surface area (Å²) in [7, 11) is 0. The summed E-state index contributed by atoms with van der Waals surface area (Å²) in [5, 5.41) is 7.11. The highest BCUT2D eigenvalue weighted by atomic mass is 16.3. The van der Waals surface area contributed by atoms with E-state index in [4.69, 9.17) is 8.83 Å². The number of hydrogen-bond donors (Lipinski definition) is 0. The predicted molar refractivity (Wildman–Crippen MR) is 174 cm³/mol. The highest BCUT2D eigenvalue weighted by Crippen LogP contribution is 2.50. The molecule has 0 amide bonds. The second-order valence-corrected chi connectivity index (χ2v) is 11.2. The molecule has 0 aliphatic heterocycles. The number of rotatable bonds is 2. The van der Waals surface area contributed by atoms with Gasteiger partial charge in [-0.15, -0.1) is 0 Å². The van der Waals surface area contributed by atoms with Gasteiger partial charge in [-0.05, 0) is 74.0 Å². The SMILES string of the molecule is c1ccc2c(c1)-c1cccc3c(-c4cccc5c4oc4cccc(-c6ccc7oc8ccccc8c7c6)c45)ccc-2c13. The van der Waals surface area contributed by atoms with Gasteiger partial charge < -0.3 is 8.83 Å². The Balaban J connectivity index is 1.22. The first-order valence-electron chi connectivity index (χ1n) is 14.4. The lowest BCUT2D eigenvalue weighted by atomic mass is 9.92. The fourth-order valence-electron chi connectivity index (χ4n) is 7.24. The minimum Gasteiger partial charge on any atom is -0.456 e. The smallest absolute Gasteiger partial charge is 0.143 e. The lowest BCUT2D eigenvalue weighted by molar-refractivity contribution is 0.669. The van der Waals surface area contributed by atoms with Gasteiger partial charge in [0.1, 0.15) is 22.3 Å². The molecule has 194 valence electrons. The van der Waals surface area contributed by atoms with E-state index in [0.717, 1.165) is 60.6 Å². The highest BCUT2D eigenvalue weighted by Gasteiger charge is 2.24. The molecule has 0 fully saturated rings. The molecule has 7 aromatic carbocycles. The molecular weight excluding hydrogens is 512 g/mol. The molecule has 1 aliphatic rings. The van der Waals surface area contributed by atoms with E-state index in [0.29, 0.717) is 0 Å². The van der Waals surface area contributed by atoms with Gasteiger partial charge in [0.2, 0.25) is 0 Å². The molecule has 9 aromatic rings. The molecule has 2 aromatic heterocycles. The number of para-hydroxylation sites is 2. The van der Waals surface area contributed by atoms with E-state index in [1.54, 1.807) is 0 Å². The van der Waals surface area contributed by atoms with E-state index in [-0.39, 0.29) is 0 Å². The topological polar surface area (TPSA) is 26.3 Å². The molecule has 2 heteroatoms. The normalized spacial score (nSPS) is 12.3. The maximum atomic E-state index is 6.71. The second-order valence-electron chi connectivity index (χ2n) is 11.2. The van der Waals surface area contributed by atoms with Crippen LogP contribution in [0.4, 0.5) is 0 Å². The van der Waals surface area contributed by atoms with Crippen molar-refractivity contribution in [1.29, 1.82) is 0 Å². The molecule has 2 nitrogen and oxygen atoms in total. The Morgan fingerprint density at radius 3 is 1.83 bits per heavy atom. The minimum absolute atomic E-state index is 0.894. The van der Waals surface area contributed by atoms with Gasteiger partial charge in [-0.2, -0.15) is 0 Å². The summed E-state index contributed by atoms with van der Waals surface area (Å²) in [6.45, 7) is 0. The molecule has 0 saturated heterocycles. The zero-order valence-electron chi connectivity index (χ0n) is 22.5. The molecule has 0 radical (unpaired) electrons. The molecule has 0 saturated carbocycles. The van der Waals surface area contributed by atoms with Crippen LogP contribution in [0.1, 0.15) is 0 Å². The summed E-state index contributed by atoms with van der Waals surface area (Å²) in [4.78, 5) is 0. The first kappa shape index (κ1) is 22.1. The van der Waals surface area contributed by atoms with Crippen LogP contribution in [0.2, 0.25) is 0 Å². The number of benzene rings is 7. The van der Waals surface area contributed by atoms with Crippen LogP contribution in [0.25, 0.3) is 99.2 Å². The second kappa shape index (κ2) is 7.99. The van der Waals surface area contributed by atoms with Crippen LogP contribution >= 0.6 is 0 Å². The molecule has 2 heterocycles. The molecular formula is C40H22O2. The largest absolute Gasteiger partial charge is 0.456 e. The Hall–Kier alpha value is -5.60. The lowest BCUT2D eigenvalue weighted by Gasteiger charge is -2.10. The summed E-state index contributed by atoms with van der Waals surface area (Å²) < 4.78 is 12.8. The monoisotopic (exact) mass is 534 g/mol. The number of furan rings is 2. The molecule has 0 unspecified atom stereocenters. The van der Waals surface area contributed by atoms with E-state index in [2.05, 4.69) is 121 Å². The number of hydrogen-bond acceptors (Lipinski definition) is 2. The summed E-state index contributed by atoms with van der Waals surface area (Å²) in [6, 6.07) is 47.6. The standard InChI is InChI=1S/C40H22O2/c1-2-9-26-25(8-1)29-12-5-13-30-27(19-20-31(26)38(29)30)32-14-6-15-33-39-24(11-7-17-37(39)42-40(32)33)23-18-21-36-34(22-23)28-10-3-4-16-35(28)41-36/h1-22H. The Morgan fingerprint density at radius 1 is 0.310 bits per heavy atom. The third-order valence-electron chi connectivity index (χ3n) is 9.05.